The van der Waals surface area contributed by atoms with E-state index in [-0.39, 0.29) is 4.21 Å². The topological polar surface area (TPSA) is 68.3 Å². The van der Waals surface area contributed by atoms with Gasteiger partial charge >= 0.3 is 0 Å². The molecule has 9 heteroatoms. The van der Waals surface area contributed by atoms with Crippen LogP contribution in [-0.4, -0.2) is 20.5 Å². The van der Waals surface area contributed by atoms with Crippen LogP contribution in [0.25, 0.3) is 10.2 Å². The highest BCUT2D eigenvalue weighted by molar-refractivity contribution is 7.95. The molecule has 3 aromatic rings. The Hall–Kier alpha value is -1.35. The molecule has 0 amide bonds. The van der Waals surface area contributed by atoms with Crippen molar-refractivity contribution in [3.8, 4) is 5.75 Å². The number of thiazole rings is 1. The quantitative estimate of drug-likeness (QED) is 0.745. The number of hydrogen-bond donors (Lipinski definition) is 1. The van der Waals surface area contributed by atoms with Crippen molar-refractivity contribution in [2.24, 2.45) is 0 Å². The molecule has 3 rings (SSSR count). The van der Waals surface area contributed by atoms with Crippen molar-refractivity contribution in [3.05, 3.63) is 34.2 Å². The zero-order valence-electron chi connectivity index (χ0n) is 11.6. The molecule has 0 unspecified atom stereocenters. The molecule has 2 aromatic heterocycles. The Morgan fingerprint density at radius 2 is 2.00 bits per heavy atom. The van der Waals surface area contributed by atoms with Crippen LogP contribution in [-0.2, 0) is 10.0 Å². The van der Waals surface area contributed by atoms with Crippen molar-refractivity contribution in [3.63, 3.8) is 0 Å². The monoisotopic (exact) mass is 374 g/mol. The molecule has 1 aromatic carbocycles. The Bertz CT molecular complexity index is 947. The summed E-state index contributed by atoms with van der Waals surface area (Å²) in [6.45, 7) is 1.94. The highest BCUT2D eigenvalue weighted by Gasteiger charge is 2.20. The van der Waals surface area contributed by atoms with Crippen LogP contribution < -0.4 is 9.46 Å². The minimum atomic E-state index is -3.68. The number of thiophene rings is 1. The summed E-state index contributed by atoms with van der Waals surface area (Å²) in [5.74, 6) is 0.612. The number of nitrogens with zero attached hydrogens (tertiary/aromatic N) is 1. The molecule has 0 spiro atoms. The summed E-state index contributed by atoms with van der Waals surface area (Å²) in [5, 5.41) is 0.298. The number of anilines is 1. The van der Waals surface area contributed by atoms with E-state index in [0.717, 1.165) is 21.6 Å². The van der Waals surface area contributed by atoms with Crippen LogP contribution in [0.4, 0.5) is 5.13 Å². The summed E-state index contributed by atoms with van der Waals surface area (Å²) >= 11 is 8.06. The highest BCUT2D eigenvalue weighted by atomic mass is 35.5. The number of nitrogens with one attached hydrogen (secondary N) is 1. The number of aryl methyl sites for hydroxylation is 1. The van der Waals surface area contributed by atoms with Gasteiger partial charge in [0, 0.05) is 0 Å². The minimum Gasteiger partial charge on any atom is -0.494 e. The molecular weight excluding hydrogens is 364 g/mol. The van der Waals surface area contributed by atoms with E-state index in [4.69, 9.17) is 16.3 Å². The van der Waals surface area contributed by atoms with E-state index >= 15 is 0 Å². The van der Waals surface area contributed by atoms with Crippen molar-refractivity contribution >= 4 is 59.6 Å². The molecule has 0 saturated heterocycles. The molecule has 22 heavy (non-hydrogen) atoms. The summed E-state index contributed by atoms with van der Waals surface area (Å²) in [6.07, 6.45) is 0. The Labute approximate surface area is 140 Å². The molecular formula is C13H11ClN2O3S3. The zero-order chi connectivity index (χ0) is 15.9. The maximum absolute atomic E-state index is 12.3. The molecule has 0 aliphatic heterocycles. The SMILES string of the molecule is COc1ccc(C)c2sc(NS(=O)(=O)c3ccc(Cl)s3)nc12. The molecule has 1 N–H and O–H groups in total. The van der Waals surface area contributed by atoms with E-state index in [9.17, 15) is 8.42 Å². The summed E-state index contributed by atoms with van der Waals surface area (Å²) in [4.78, 5) is 4.34. The van der Waals surface area contributed by atoms with Gasteiger partial charge in [-0.1, -0.05) is 29.0 Å². The first-order chi connectivity index (χ1) is 10.4. The summed E-state index contributed by atoms with van der Waals surface area (Å²) in [7, 11) is -2.12. The zero-order valence-corrected chi connectivity index (χ0v) is 14.8. The molecule has 0 aliphatic rings. The third-order valence-electron chi connectivity index (χ3n) is 2.96. The number of fused-ring (bicyclic) bond motifs is 1. The fraction of sp³-hybridized carbons (Fsp3) is 0.154. The lowest BCUT2D eigenvalue weighted by Gasteiger charge is -2.01. The molecule has 0 fully saturated rings. The Balaban J connectivity index is 2.03. The van der Waals surface area contributed by atoms with Gasteiger partial charge in [-0.05, 0) is 30.7 Å². The van der Waals surface area contributed by atoms with Crippen molar-refractivity contribution in [2.45, 2.75) is 11.1 Å². The molecule has 0 atom stereocenters. The standard InChI is InChI=1S/C13H11ClN2O3S3/c1-7-3-4-8(19-2)11-12(7)21-13(15-11)16-22(17,18)10-6-5-9(14)20-10/h3-6H,1-2H3,(H,15,16). The number of rotatable bonds is 4. The average molecular weight is 375 g/mol. The van der Waals surface area contributed by atoms with Crippen LogP contribution in [0.15, 0.2) is 28.5 Å². The second kappa shape index (κ2) is 5.69. The van der Waals surface area contributed by atoms with Gasteiger partial charge in [-0.3, -0.25) is 4.72 Å². The fourth-order valence-corrected chi connectivity index (χ4v) is 5.59. The van der Waals surface area contributed by atoms with E-state index in [1.807, 2.05) is 19.1 Å². The summed E-state index contributed by atoms with van der Waals surface area (Å²) in [5.41, 5.74) is 1.66. The van der Waals surface area contributed by atoms with Crippen molar-refractivity contribution in [2.75, 3.05) is 11.8 Å². The smallest absolute Gasteiger partial charge is 0.273 e. The number of hydrogen-bond acceptors (Lipinski definition) is 6. The van der Waals surface area contributed by atoms with Gasteiger partial charge in [-0.25, -0.2) is 13.4 Å². The van der Waals surface area contributed by atoms with Gasteiger partial charge in [0.05, 0.1) is 16.1 Å². The van der Waals surface area contributed by atoms with Gasteiger partial charge < -0.3 is 4.74 Å². The van der Waals surface area contributed by atoms with Gasteiger partial charge in [0.1, 0.15) is 15.5 Å². The number of aromatic nitrogens is 1. The average Bonchev–Trinajstić information content (AvgIpc) is 3.06. The molecule has 0 aliphatic carbocycles. The number of ether oxygens (including phenoxy) is 1. The van der Waals surface area contributed by atoms with E-state index in [1.165, 1.54) is 17.4 Å². The second-order valence-corrected chi connectivity index (χ2v) is 9.07. The van der Waals surface area contributed by atoms with Crippen LogP contribution in [0, 0.1) is 6.92 Å². The van der Waals surface area contributed by atoms with Gasteiger partial charge in [0.25, 0.3) is 10.0 Å². The van der Waals surface area contributed by atoms with Gasteiger partial charge in [0.2, 0.25) is 0 Å². The molecule has 0 radical (unpaired) electrons. The fourth-order valence-electron chi connectivity index (χ4n) is 1.93. The van der Waals surface area contributed by atoms with Crippen molar-refractivity contribution in [1.82, 2.24) is 4.98 Å². The Morgan fingerprint density at radius 3 is 2.64 bits per heavy atom. The van der Waals surface area contributed by atoms with Gasteiger partial charge in [-0.2, -0.15) is 0 Å². The van der Waals surface area contributed by atoms with Crippen molar-refractivity contribution in [1.29, 1.82) is 0 Å². The number of sulfonamides is 1. The molecule has 116 valence electrons. The van der Waals surface area contributed by atoms with E-state index in [0.29, 0.717) is 20.7 Å². The third kappa shape index (κ3) is 2.79. The molecule has 2 heterocycles. The Kier molecular flexibility index (Phi) is 4.02. The molecule has 5 nitrogen and oxygen atoms in total. The van der Waals surface area contributed by atoms with Crippen LogP contribution in [0.5, 0.6) is 5.75 Å². The number of methoxy groups -OCH3 is 1. The predicted octanol–water partition coefficient (Wildman–Crippen LogP) is 4.13. The van der Waals surface area contributed by atoms with Gasteiger partial charge in [-0.15, -0.1) is 11.3 Å². The van der Waals surface area contributed by atoms with E-state index < -0.39 is 10.0 Å². The lowest BCUT2D eigenvalue weighted by Crippen LogP contribution is -2.10. The van der Waals surface area contributed by atoms with Crippen LogP contribution in [0.2, 0.25) is 4.34 Å². The lowest BCUT2D eigenvalue weighted by atomic mass is 10.2. The van der Waals surface area contributed by atoms with Crippen molar-refractivity contribution < 1.29 is 13.2 Å². The first-order valence-electron chi connectivity index (χ1n) is 6.13. The van der Waals surface area contributed by atoms with Gasteiger partial charge in [0.15, 0.2) is 5.13 Å². The highest BCUT2D eigenvalue weighted by Crippen LogP contribution is 2.36. The first-order valence-corrected chi connectivity index (χ1v) is 9.62. The maximum Gasteiger partial charge on any atom is 0.273 e. The summed E-state index contributed by atoms with van der Waals surface area (Å²) < 4.78 is 33.8. The first kappa shape index (κ1) is 15.5. The van der Waals surface area contributed by atoms with Crippen LogP contribution in [0.1, 0.15) is 5.56 Å². The predicted molar refractivity (Wildman–Crippen MR) is 91.0 cm³/mol. The molecule has 0 bridgehead atoms. The van der Waals surface area contributed by atoms with Crippen LogP contribution in [0.3, 0.4) is 0 Å². The molecule has 0 saturated carbocycles. The number of halogens is 1. The minimum absolute atomic E-state index is 0.153. The largest absolute Gasteiger partial charge is 0.494 e. The van der Waals surface area contributed by atoms with E-state index in [2.05, 4.69) is 9.71 Å². The normalized spacial score (nSPS) is 11.8. The number of benzene rings is 1. The third-order valence-corrected chi connectivity index (χ3v) is 7.26. The second-order valence-electron chi connectivity index (χ2n) is 4.45. The summed E-state index contributed by atoms with van der Waals surface area (Å²) in [6, 6.07) is 6.74. The lowest BCUT2D eigenvalue weighted by molar-refractivity contribution is 0.419. The maximum atomic E-state index is 12.3. The van der Waals surface area contributed by atoms with E-state index in [1.54, 1.807) is 13.2 Å². The Morgan fingerprint density at radius 1 is 1.23 bits per heavy atom. The van der Waals surface area contributed by atoms with Crippen LogP contribution >= 0.6 is 34.3 Å².